The lowest BCUT2D eigenvalue weighted by atomic mass is 9.99. The normalized spacial score (nSPS) is 31.9. The number of anilines is 1. The summed E-state index contributed by atoms with van der Waals surface area (Å²) >= 11 is 3.68. The van der Waals surface area contributed by atoms with Crippen LogP contribution in [0.1, 0.15) is 31.2 Å². The lowest BCUT2D eigenvalue weighted by molar-refractivity contribution is 0.126. The van der Waals surface area contributed by atoms with Crippen molar-refractivity contribution in [3.63, 3.8) is 0 Å². The highest BCUT2D eigenvalue weighted by molar-refractivity contribution is 9.10. The van der Waals surface area contributed by atoms with Gasteiger partial charge in [-0.25, -0.2) is 0 Å². The smallest absolute Gasteiger partial charge is 0.0579 e. The van der Waals surface area contributed by atoms with Gasteiger partial charge in [0.2, 0.25) is 0 Å². The van der Waals surface area contributed by atoms with E-state index >= 15 is 0 Å². The van der Waals surface area contributed by atoms with Gasteiger partial charge in [-0.2, -0.15) is 0 Å². The van der Waals surface area contributed by atoms with Gasteiger partial charge in [0.1, 0.15) is 0 Å². The van der Waals surface area contributed by atoms with Gasteiger partial charge in [0, 0.05) is 16.6 Å². The van der Waals surface area contributed by atoms with Gasteiger partial charge in [-0.05, 0) is 66.2 Å². The van der Waals surface area contributed by atoms with Crippen LogP contribution in [0.3, 0.4) is 0 Å². The minimum Gasteiger partial charge on any atom is -0.393 e. The number of aliphatic hydroxyl groups excluding tert-OH is 1. The van der Waals surface area contributed by atoms with Gasteiger partial charge in [0.25, 0.3) is 0 Å². The van der Waals surface area contributed by atoms with Crippen LogP contribution in [0, 0.1) is 6.92 Å². The van der Waals surface area contributed by atoms with Crippen LogP contribution in [0.2, 0.25) is 0 Å². The quantitative estimate of drug-likeness (QED) is 0.860. The van der Waals surface area contributed by atoms with Crippen molar-refractivity contribution in [2.45, 2.75) is 50.8 Å². The highest BCUT2D eigenvalue weighted by Gasteiger charge is 2.40. The Balaban J connectivity index is 1.94. The Bertz CT molecular complexity index is 420. The first-order chi connectivity index (χ1) is 8.15. The summed E-state index contributed by atoms with van der Waals surface area (Å²) in [5, 5.41) is 9.83. The molecule has 2 nitrogen and oxygen atoms in total. The molecule has 2 aliphatic heterocycles. The first-order valence-corrected chi connectivity index (χ1v) is 7.17. The average Bonchev–Trinajstić information content (AvgIpc) is 2.53. The van der Waals surface area contributed by atoms with E-state index in [-0.39, 0.29) is 6.10 Å². The molecule has 2 heterocycles. The zero-order valence-corrected chi connectivity index (χ0v) is 11.7. The number of hydrogen-bond acceptors (Lipinski definition) is 2. The number of aryl methyl sites for hydroxylation is 1. The number of benzene rings is 1. The van der Waals surface area contributed by atoms with Gasteiger partial charge in [0.15, 0.2) is 0 Å². The zero-order chi connectivity index (χ0) is 12.0. The largest absolute Gasteiger partial charge is 0.393 e. The number of aliphatic hydroxyl groups is 1. The van der Waals surface area contributed by atoms with Crippen molar-refractivity contribution >= 4 is 21.6 Å². The van der Waals surface area contributed by atoms with Crippen LogP contribution < -0.4 is 4.90 Å². The monoisotopic (exact) mass is 295 g/mol. The average molecular weight is 296 g/mol. The van der Waals surface area contributed by atoms with E-state index in [1.165, 1.54) is 28.6 Å². The molecule has 2 aliphatic rings. The van der Waals surface area contributed by atoms with Gasteiger partial charge in [0.05, 0.1) is 11.8 Å². The standard InChI is InChI=1S/C14H18BrNO/c1-9-2-5-14(13(15)6-9)16-10-3-4-11(16)8-12(17)7-10/h2,5-6,10-12,17H,3-4,7-8H2,1H3. The maximum Gasteiger partial charge on any atom is 0.0579 e. The van der Waals surface area contributed by atoms with E-state index < -0.39 is 0 Å². The van der Waals surface area contributed by atoms with Crippen LogP contribution in [0.5, 0.6) is 0 Å². The van der Waals surface area contributed by atoms with E-state index in [4.69, 9.17) is 0 Å². The molecule has 17 heavy (non-hydrogen) atoms. The van der Waals surface area contributed by atoms with Crippen LogP contribution in [0.15, 0.2) is 22.7 Å². The summed E-state index contributed by atoms with van der Waals surface area (Å²) in [4.78, 5) is 2.52. The molecule has 2 atom stereocenters. The van der Waals surface area contributed by atoms with E-state index in [1.54, 1.807) is 0 Å². The van der Waals surface area contributed by atoms with Crippen molar-refractivity contribution in [2.75, 3.05) is 4.90 Å². The lowest BCUT2D eigenvalue weighted by Gasteiger charge is -2.39. The molecule has 2 bridgehead atoms. The Hall–Kier alpha value is -0.540. The second-order valence-electron chi connectivity index (χ2n) is 5.37. The Labute approximate surface area is 111 Å². The SMILES string of the molecule is Cc1ccc(N2C3CCC2CC(O)C3)c(Br)c1. The molecule has 1 N–H and O–H groups in total. The summed E-state index contributed by atoms with van der Waals surface area (Å²) < 4.78 is 1.19. The molecular weight excluding hydrogens is 278 g/mol. The molecule has 3 heteroatoms. The van der Waals surface area contributed by atoms with Crippen LogP contribution in [-0.4, -0.2) is 23.3 Å². The molecule has 2 saturated heterocycles. The second-order valence-corrected chi connectivity index (χ2v) is 6.23. The molecule has 0 aliphatic carbocycles. The van der Waals surface area contributed by atoms with E-state index in [2.05, 4.69) is 46.0 Å². The Kier molecular flexibility index (Phi) is 2.91. The molecule has 0 saturated carbocycles. The molecular formula is C14H18BrNO. The van der Waals surface area contributed by atoms with Gasteiger partial charge in [-0.3, -0.25) is 0 Å². The predicted octanol–water partition coefficient (Wildman–Crippen LogP) is 3.25. The summed E-state index contributed by atoms with van der Waals surface area (Å²) in [6, 6.07) is 7.62. The number of rotatable bonds is 1. The number of nitrogens with zero attached hydrogens (tertiary/aromatic N) is 1. The predicted molar refractivity (Wildman–Crippen MR) is 73.4 cm³/mol. The number of halogens is 1. The van der Waals surface area contributed by atoms with E-state index in [0.717, 1.165) is 12.8 Å². The van der Waals surface area contributed by atoms with Crippen LogP contribution in [-0.2, 0) is 0 Å². The third-order valence-corrected chi connectivity index (χ3v) is 4.72. The maximum atomic E-state index is 9.83. The molecule has 0 aromatic heterocycles. The molecule has 2 fully saturated rings. The molecule has 92 valence electrons. The van der Waals surface area contributed by atoms with E-state index in [0.29, 0.717) is 12.1 Å². The third-order valence-electron chi connectivity index (χ3n) is 4.09. The molecule has 3 rings (SSSR count). The van der Waals surface area contributed by atoms with E-state index in [1.807, 2.05) is 0 Å². The fourth-order valence-corrected chi connectivity index (χ4v) is 4.06. The van der Waals surface area contributed by atoms with Crippen molar-refractivity contribution < 1.29 is 5.11 Å². The Morgan fingerprint density at radius 3 is 2.47 bits per heavy atom. The number of hydrogen-bond donors (Lipinski definition) is 1. The topological polar surface area (TPSA) is 23.5 Å². The van der Waals surface area contributed by atoms with Crippen LogP contribution in [0.4, 0.5) is 5.69 Å². The highest BCUT2D eigenvalue weighted by atomic mass is 79.9. The molecule has 1 aromatic carbocycles. The summed E-state index contributed by atoms with van der Waals surface area (Å²) in [6.07, 6.45) is 4.21. The van der Waals surface area contributed by atoms with Crippen molar-refractivity contribution in [3.05, 3.63) is 28.2 Å². The van der Waals surface area contributed by atoms with E-state index in [9.17, 15) is 5.11 Å². The van der Waals surface area contributed by atoms with Gasteiger partial charge in [-0.1, -0.05) is 6.07 Å². The molecule has 0 amide bonds. The highest BCUT2D eigenvalue weighted by Crippen LogP contribution is 2.42. The first-order valence-electron chi connectivity index (χ1n) is 6.37. The van der Waals surface area contributed by atoms with Crippen molar-refractivity contribution in [1.29, 1.82) is 0 Å². The van der Waals surface area contributed by atoms with Gasteiger partial charge >= 0.3 is 0 Å². The molecule has 0 radical (unpaired) electrons. The summed E-state index contributed by atoms with van der Waals surface area (Å²) in [7, 11) is 0. The summed E-state index contributed by atoms with van der Waals surface area (Å²) in [5.74, 6) is 0. The van der Waals surface area contributed by atoms with Crippen molar-refractivity contribution in [3.8, 4) is 0 Å². The minimum atomic E-state index is -0.0898. The Morgan fingerprint density at radius 2 is 1.88 bits per heavy atom. The molecule has 1 aromatic rings. The Morgan fingerprint density at radius 1 is 1.24 bits per heavy atom. The summed E-state index contributed by atoms with van der Waals surface area (Å²) in [6.45, 7) is 2.11. The van der Waals surface area contributed by atoms with Crippen LogP contribution in [0.25, 0.3) is 0 Å². The van der Waals surface area contributed by atoms with Crippen LogP contribution >= 0.6 is 15.9 Å². The van der Waals surface area contributed by atoms with Gasteiger partial charge in [-0.15, -0.1) is 0 Å². The number of fused-ring (bicyclic) bond motifs is 2. The third kappa shape index (κ3) is 2.00. The fourth-order valence-electron chi connectivity index (χ4n) is 3.36. The van der Waals surface area contributed by atoms with Crippen molar-refractivity contribution in [2.24, 2.45) is 0 Å². The maximum absolute atomic E-state index is 9.83. The number of piperidine rings is 1. The van der Waals surface area contributed by atoms with Gasteiger partial charge < -0.3 is 10.0 Å². The first kappa shape index (κ1) is 11.5. The minimum absolute atomic E-state index is 0.0898. The second kappa shape index (κ2) is 4.29. The zero-order valence-electron chi connectivity index (χ0n) is 10.1. The summed E-state index contributed by atoms with van der Waals surface area (Å²) in [5.41, 5.74) is 2.58. The molecule has 2 unspecified atom stereocenters. The van der Waals surface area contributed by atoms with Crippen molar-refractivity contribution in [1.82, 2.24) is 0 Å². The lowest BCUT2D eigenvalue weighted by Crippen LogP contribution is -2.44. The fraction of sp³-hybridized carbons (Fsp3) is 0.571. The molecule has 0 spiro atoms.